The van der Waals surface area contributed by atoms with Crippen molar-refractivity contribution >= 4 is 39.2 Å². The molecule has 1 aliphatic heterocycles. The third-order valence-electron chi connectivity index (χ3n) is 5.12. The number of hydrogen-bond donors (Lipinski definition) is 1. The number of piperidine rings is 1. The van der Waals surface area contributed by atoms with E-state index >= 15 is 0 Å². The molecule has 0 saturated carbocycles. The van der Waals surface area contributed by atoms with E-state index in [1.54, 1.807) is 55.5 Å². The number of amides is 1. The van der Waals surface area contributed by atoms with Crippen LogP contribution in [0.15, 0.2) is 48.5 Å². The van der Waals surface area contributed by atoms with E-state index in [1.165, 1.54) is 4.31 Å². The summed E-state index contributed by atoms with van der Waals surface area (Å²) in [6.07, 6.45) is 0.868. The van der Waals surface area contributed by atoms with Crippen LogP contribution < -0.4 is 5.32 Å². The molecule has 2 aromatic rings. The predicted molar refractivity (Wildman–Crippen MR) is 119 cm³/mol. The molecule has 1 aliphatic rings. The van der Waals surface area contributed by atoms with Gasteiger partial charge in [-0.05, 0) is 55.7 Å². The summed E-state index contributed by atoms with van der Waals surface area (Å²) in [5.41, 5.74) is 1.54. The van der Waals surface area contributed by atoms with E-state index in [9.17, 15) is 18.0 Å². The van der Waals surface area contributed by atoms with Crippen LogP contribution in [0.1, 0.15) is 35.7 Å². The minimum atomic E-state index is -3.47. The zero-order valence-electron chi connectivity index (χ0n) is 17.2. The molecular weight excluding hydrogens is 440 g/mol. The number of nitrogens with one attached hydrogen (secondary N) is 1. The van der Waals surface area contributed by atoms with E-state index in [-0.39, 0.29) is 37.3 Å². The molecule has 31 heavy (non-hydrogen) atoms. The van der Waals surface area contributed by atoms with Crippen LogP contribution in [0, 0.1) is 5.92 Å². The second-order valence-electron chi connectivity index (χ2n) is 7.35. The summed E-state index contributed by atoms with van der Waals surface area (Å²) >= 11 is 5.85. The van der Waals surface area contributed by atoms with Gasteiger partial charge in [0.05, 0.1) is 17.9 Å². The van der Waals surface area contributed by atoms with E-state index in [0.717, 1.165) is 0 Å². The van der Waals surface area contributed by atoms with Crippen LogP contribution in [0.4, 0.5) is 5.69 Å². The van der Waals surface area contributed by atoms with Crippen molar-refractivity contribution in [3.05, 3.63) is 64.7 Å². The van der Waals surface area contributed by atoms with E-state index in [1.807, 2.05) is 0 Å². The summed E-state index contributed by atoms with van der Waals surface area (Å²) in [6, 6.07) is 13.3. The minimum absolute atomic E-state index is 0.0956. The number of halogens is 1. The lowest BCUT2D eigenvalue weighted by molar-refractivity contribution is -0.120. The Morgan fingerprint density at radius 3 is 2.45 bits per heavy atom. The standard InChI is InChI=1S/C22H25ClN2O5S/c1-2-30-22(27)18-4-3-5-20(14-18)24-21(26)17-10-12-25(13-11-17)31(28,29)15-16-6-8-19(23)9-7-16/h3-9,14,17H,2,10-13,15H2,1H3,(H,24,26). The minimum Gasteiger partial charge on any atom is -0.462 e. The van der Waals surface area contributed by atoms with Crippen LogP contribution in [0.5, 0.6) is 0 Å². The molecule has 0 bridgehead atoms. The van der Waals surface area contributed by atoms with Crippen LogP contribution in [0.2, 0.25) is 5.02 Å². The molecule has 0 spiro atoms. The van der Waals surface area contributed by atoms with Crippen molar-refractivity contribution in [3.8, 4) is 0 Å². The molecule has 9 heteroatoms. The molecule has 0 atom stereocenters. The van der Waals surface area contributed by atoms with Gasteiger partial charge >= 0.3 is 5.97 Å². The molecule has 0 aromatic heterocycles. The van der Waals surface area contributed by atoms with Crippen molar-refractivity contribution in [1.82, 2.24) is 4.31 Å². The monoisotopic (exact) mass is 464 g/mol. The topological polar surface area (TPSA) is 92.8 Å². The van der Waals surface area contributed by atoms with Gasteiger partial charge in [0.25, 0.3) is 0 Å². The highest BCUT2D eigenvalue weighted by atomic mass is 35.5. The van der Waals surface area contributed by atoms with Crippen molar-refractivity contribution < 1.29 is 22.7 Å². The Hall–Kier alpha value is -2.42. The van der Waals surface area contributed by atoms with Gasteiger partial charge in [0.1, 0.15) is 0 Å². The SMILES string of the molecule is CCOC(=O)c1cccc(NC(=O)C2CCN(S(=O)(=O)Cc3ccc(Cl)cc3)CC2)c1. The molecule has 0 radical (unpaired) electrons. The summed E-state index contributed by atoms with van der Waals surface area (Å²) in [7, 11) is -3.47. The van der Waals surface area contributed by atoms with Crippen LogP contribution in [0.3, 0.4) is 0 Å². The van der Waals surface area contributed by atoms with Gasteiger partial charge < -0.3 is 10.1 Å². The number of hydrogen-bond acceptors (Lipinski definition) is 5. The van der Waals surface area contributed by atoms with Crippen LogP contribution >= 0.6 is 11.6 Å². The molecule has 1 heterocycles. The Bertz CT molecular complexity index is 1030. The van der Waals surface area contributed by atoms with Gasteiger partial charge in [-0.3, -0.25) is 4.79 Å². The lowest BCUT2D eigenvalue weighted by Crippen LogP contribution is -2.41. The van der Waals surface area contributed by atoms with Crippen molar-refractivity contribution in [3.63, 3.8) is 0 Å². The maximum Gasteiger partial charge on any atom is 0.338 e. The number of ether oxygens (including phenoxy) is 1. The molecule has 2 aromatic carbocycles. The van der Waals surface area contributed by atoms with Gasteiger partial charge in [-0.15, -0.1) is 0 Å². The second kappa shape index (κ2) is 10.3. The van der Waals surface area contributed by atoms with Gasteiger partial charge in [-0.25, -0.2) is 17.5 Å². The van der Waals surface area contributed by atoms with E-state index in [4.69, 9.17) is 16.3 Å². The average Bonchev–Trinajstić information content (AvgIpc) is 2.75. The lowest BCUT2D eigenvalue weighted by atomic mass is 9.97. The second-order valence-corrected chi connectivity index (χ2v) is 9.75. The predicted octanol–water partition coefficient (Wildman–Crippen LogP) is 3.70. The van der Waals surface area contributed by atoms with Crippen molar-refractivity contribution in [2.45, 2.75) is 25.5 Å². The van der Waals surface area contributed by atoms with E-state index in [2.05, 4.69) is 5.32 Å². The molecule has 1 amide bonds. The number of sulfonamides is 1. The Morgan fingerprint density at radius 1 is 1.13 bits per heavy atom. The van der Waals surface area contributed by atoms with Crippen LogP contribution in [-0.4, -0.2) is 44.3 Å². The molecule has 0 aliphatic carbocycles. The Labute approximate surface area is 187 Å². The quantitative estimate of drug-likeness (QED) is 0.631. The van der Waals surface area contributed by atoms with Crippen LogP contribution in [-0.2, 0) is 25.3 Å². The summed E-state index contributed by atoms with van der Waals surface area (Å²) in [6.45, 7) is 2.58. The fourth-order valence-corrected chi connectivity index (χ4v) is 5.15. The summed E-state index contributed by atoms with van der Waals surface area (Å²) in [4.78, 5) is 24.5. The first kappa shape index (κ1) is 23.2. The highest BCUT2D eigenvalue weighted by molar-refractivity contribution is 7.88. The summed E-state index contributed by atoms with van der Waals surface area (Å²) < 4.78 is 31.8. The Balaban J connectivity index is 1.55. The highest BCUT2D eigenvalue weighted by Crippen LogP contribution is 2.24. The zero-order valence-corrected chi connectivity index (χ0v) is 18.8. The summed E-state index contributed by atoms with van der Waals surface area (Å²) in [5.74, 6) is -1.02. The number of carbonyl (C=O) groups excluding carboxylic acids is 2. The maximum atomic E-state index is 12.7. The highest BCUT2D eigenvalue weighted by Gasteiger charge is 2.31. The third kappa shape index (κ3) is 6.29. The molecule has 3 rings (SSSR count). The Morgan fingerprint density at radius 2 is 1.81 bits per heavy atom. The molecular formula is C22H25ClN2O5S. The van der Waals surface area contributed by atoms with Crippen molar-refractivity contribution in [2.75, 3.05) is 25.0 Å². The third-order valence-corrected chi connectivity index (χ3v) is 7.22. The van der Waals surface area contributed by atoms with Gasteiger partial charge in [0, 0.05) is 29.7 Å². The lowest BCUT2D eigenvalue weighted by Gasteiger charge is -2.30. The van der Waals surface area contributed by atoms with E-state index in [0.29, 0.717) is 34.7 Å². The number of benzene rings is 2. The smallest absolute Gasteiger partial charge is 0.338 e. The van der Waals surface area contributed by atoms with Gasteiger partial charge in [0.2, 0.25) is 15.9 Å². The molecule has 1 N–H and O–H groups in total. The fourth-order valence-electron chi connectivity index (χ4n) is 3.46. The largest absolute Gasteiger partial charge is 0.462 e. The summed E-state index contributed by atoms with van der Waals surface area (Å²) in [5, 5.41) is 3.38. The van der Waals surface area contributed by atoms with Gasteiger partial charge in [-0.1, -0.05) is 29.8 Å². The number of nitrogens with zero attached hydrogens (tertiary/aromatic N) is 1. The number of anilines is 1. The first-order valence-electron chi connectivity index (χ1n) is 10.1. The van der Waals surface area contributed by atoms with Gasteiger partial charge in [0.15, 0.2) is 0 Å². The first-order valence-corrected chi connectivity index (χ1v) is 12.1. The average molecular weight is 465 g/mol. The molecule has 166 valence electrons. The molecule has 1 saturated heterocycles. The number of esters is 1. The normalized spacial score (nSPS) is 15.4. The van der Waals surface area contributed by atoms with Gasteiger partial charge in [-0.2, -0.15) is 0 Å². The maximum absolute atomic E-state index is 12.7. The van der Waals surface area contributed by atoms with E-state index < -0.39 is 16.0 Å². The fraction of sp³-hybridized carbons (Fsp3) is 0.364. The van der Waals surface area contributed by atoms with Crippen molar-refractivity contribution in [2.24, 2.45) is 5.92 Å². The zero-order chi connectivity index (χ0) is 22.4. The first-order chi connectivity index (χ1) is 14.8. The number of carbonyl (C=O) groups is 2. The Kier molecular flexibility index (Phi) is 7.69. The van der Waals surface area contributed by atoms with Crippen LogP contribution in [0.25, 0.3) is 0 Å². The molecule has 0 unspecified atom stereocenters. The molecule has 1 fully saturated rings. The molecule has 7 nitrogen and oxygen atoms in total. The van der Waals surface area contributed by atoms with Crippen molar-refractivity contribution in [1.29, 1.82) is 0 Å². The number of rotatable bonds is 7.